The Hall–Kier alpha value is -0.760. The van der Waals surface area contributed by atoms with E-state index in [9.17, 15) is 17.2 Å². The van der Waals surface area contributed by atoms with Crippen molar-refractivity contribution in [3.63, 3.8) is 0 Å². The second-order valence-corrected chi connectivity index (χ2v) is 6.83. The number of piperazine rings is 1. The van der Waals surface area contributed by atoms with E-state index >= 15 is 0 Å². The number of sulfonamides is 1. The summed E-state index contributed by atoms with van der Waals surface area (Å²) in [6.07, 6.45) is 1.57. The Morgan fingerprint density at radius 1 is 1.05 bits per heavy atom. The fraction of sp³-hybridized carbons (Fsp3) is 0.500. The maximum absolute atomic E-state index is 13.2. The van der Waals surface area contributed by atoms with Crippen molar-refractivity contribution in [2.75, 3.05) is 13.1 Å². The first-order valence-corrected chi connectivity index (χ1v) is 7.63. The summed E-state index contributed by atoms with van der Waals surface area (Å²) in [5.41, 5.74) is 0. The monoisotopic (exact) mass is 324 g/mol. The van der Waals surface area contributed by atoms with Crippen LogP contribution in [-0.4, -0.2) is 37.9 Å². The van der Waals surface area contributed by atoms with Gasteiger partial charge in [0.1, 0.15) is 11.6 Å². The van der Waals surface area contributed by atoms with E-state index in [2.05, 4.69) is 5.32 Å². The summed E-state index contributed by atoms with van der Waals surface area (Å²) in [5.74, 6) is -1.75. The highest BCUT2D eigenvalue weighted by Crippen LogP contribution is 2.33. The first-order valence-electron chi connectivity index (χ1n) is 6.19. The third-order valence-corrected chi connectivity index (χ3v) is 5.71. The minimum Gasteiger partial charge on any atom is -0.314 e. The second-order valence-electron chi connectivity index (χ2n) is 4.98. The summed E-state index contributed by atoms with van der Waals surface area (Å²) in [7, 11) is -3.83. The highest BCUT2D eigenvalue weighted by molar-refractivity contribution is 7.89. The van der Waals surface area contributed by atoms with Crippen molar-refractivity contribution in [3.8, 4) is 0 Å². The van der Waals surface area contributed by atoms with E-state index in [0.29, 0.717) is 19.2 Å². The van der Waals surface area contributed by atoms with Gasteiger partial charge >= 0.3 is 0 Å². The Morgan fingerprint density at radius 3 is 2.05 bits per heavy atom. The van der Waals surface area contributed by atoms with Gasteiger partial charge in [0.05, 0.1) is 4.90 Å². The molecule has 2 atom stereocenters. The number of rotatable bonds is 2. The number of halogens is 3. The lowest BCUT2D eigenvalue weighted by Gasteiger charge is -2.34. The van der Waals surface area contributed by atoms with E-state index in [1.807, 2.05) is 0 Å². The average molecular weight is 325 g/mol. The Balaban J connectivity index is 0.00000147. The van der Waals surface area contributed by atoms with Gasteiger partial charge in [-0.1, -0.05) is 0 Å². The molecule has 2 aliphatic heterocycles. The van der Waals surface area contributed by atoms with Crippen molar-refractivity contribution in [1.82, 2.24) is 9.62 Å². The molecule has 0 amide bonds. The topological polar surface area (TPSA) is 49.4 Å². The van der Waals surface area contributed by atoms with Crippen molar-refractivity contribution in [1.29, 1.82) is 0 Å². The molecule has 2 aliphatic rings. The van der Waals surface area contributed by atoms with Crippen LogP contribution in [0.2, 0.25) is 0 Å². The smallest absolute Gasteiger partial charge is 0.243 e. The van der Waals surface area contributed by atoms with E-state index in [-0.39, 0.29) is 29.4 Å². The molecule has 3 rings (SSSR count). The van der Waals surface area contributed by atoms with Crippen LogP contribution in [0.25, 0.3) is 0 Å². The zero-order chi connectivity index (χ0) is 13.6. The summed E-state index contributed by atoms with van der Waals surface area (Å²) in [4.78, 5) is -0.302. The van der Waals surface area contributed by atoms with Crippen LogP contribution in [0.5, 0.6) is 0 Å². The predicted molar refractivity (Wildman–Crippen MR) is 72.3 cm³/mol. The molecule has 2 unspecified atom stereocenters. The Morgan fingerprint density at radius 2 is 1.55 bits per heavy atom. The Labute approximate surface area is 122 Å². The first kappa shape index (κ1) is 15.6. The van der Waals surface area contributed by atoms with Crippen LogP contribution in [0.15, 0.2) is 23.1 Å². The summed E-state index contributed by atoms with van der Waals surface area (Å²) in [5, 5.41) is 3.17. The molecule has 0 saturated carbocycles. The van der Waals surface area contributed by atoms with Gasteiger partial charge in [0.2, 0.25) is 10.0 Å². The fourth-order valence-electron chi connectivity index (χ4n) is 2.93. The third-order valence-electron chi connectivity index (χ3n) is 3.72. The molecule has 112 valence electrons. The minimum atomic E-state index is -3.83. The second kappa shape index (κ2) is 5.55. The zero-order valence-electron chi connectivity index (χ0n) is 10.6. The van der Waals surface area contributed by atoms with Gasteiger partial charge in [0.15, 0.2) is 0 Å². The third kappa shape index (κ3) is 2.55. The number of fused-ring (bicyclic) bond motifs is 2. The molecular formula is C12H15ClF2N2O2S. The Bertz CT molecular complexity index is 575. The molecule has 8 heteroatoms. The van der Waals surface area contributed by atoms with Crippen LogP contribution in [0, 0.1) is 11.6 Å². The van der Waals surface area contributed by atoms with Gasteiger partial charge in [0, 0.05) is 31.2 Å². The highest BCUT2D eigenvalue weighted by Gasteiger charge is 2.44. The van der Waals surface area contributed by atoms with Crippen molar-refractivity contribution < 1.29 is 17.2 Å². The van der Waals surface area contributed by atoms with E-state index in [1.54, 1.807) is 0 Å². The van der Waals surface area contributed by atoms with Gasteiger partial charge in [-0.05, 0) is 25.0 Å². The zero-order valence-corrected chi connectivity index (χ0v) is 12.2. The quantitative estimate of drug-likeness (QED) is 0.897. The molecule has 1 N–H and O–H groups in total. The number of hydrogen-bond donors (Lipinski definition) is 1. The molecule has 2 fully saturated rings. The van der Waals surface area contributed by atoms with Crippen LogP contribution in [0.1, 0.15) is 12.8 Å². The highest BCUT2D eigenvalue weighted by atomic mass is 35.5. The van der Waals surface area contributed by atoms with E-state index in [1.165, 1.54) is 4.31 Å². The van der Waals surface area contributed by atoms with Crippen molar-refractivity contribution in [3.05, 3.63) is 29.8 Å². The molecule has 20 heavy (non-hydrogen) atoms. The molecule has 0 aromatic heterocycles. The summed E-state index contributed by atoms with van der Waals surface area (Å²) in [6, 6.07) is 2.19. The number of hydrogen-bond acceptors (Lipinski definition) is 3. The van der Waals surface area contributed by atoms with Crippen LogP contribution in [0.3, 0.4) is 0 Å². The molecule has 0 radical (unpaired) electrons. The van der Waals surface area contributed by atoms with Gasteiger partial charge in [-0.2, -0.15) is 4.31 Å². The molecule has 0 spiro atoms. The van der Waals surface area contributed by atoms with Crippen molar-refractivity contribution in [2.24, 2.45) is 0 Å². The van der Waals surface area contributed by atoms with Gasteiger partial charge in [-0.25, -0.2) is 17.2 Å². The lowest BCUT2D eigenvalue weighted by molar-refractivity contribution is 0.263. The molecule has 4 nitrogen and oxygen atoms in total. The standard InChI is InChI=1S/C12H14F2N2O2S.ClH/c13-8-3-9(14)5-12(4-8)19(17,18)16-10-1-2-11(16)7-15-6-10;/h3-5,10-11,15H,1-2,6-7H2;1H. The molecule has 1 aromatic carbocycles. The van der Waals surface area contributed by atoms with Crippen LogP contribution in [0.4, 0.5) is 8.78 Å². The van der Waals surface area contributed by atoms with Gasteiger partial charge in [-0.3, -0.25) is 0 Å². The molecule has 2 saturated heterocycles. The lowest BCUT2D eigenvalue weighted by Crippen LogP contribution is -2.53. The molecule has 2 bridgehead atoms. The van der Waals surface area contributed by atoms with E-state index in [4.69, 9.17) is 0 Å². The van der Waals surface area contributed by atoms with Crippen LogP contribution < -0.4 is 5.32 Å². The number of nitrogens with zero attached hydrogens (tertiary/aromatic N) is 1. The summed E-state index contributed by atoms with van der Waals surface area (Å²) >= 11 is 0. The first-order chi connectivity index (χ1) is 8.98. The predicted octanol–water partition coefficient (Wildman–Crippen LogP) is 1.51. The van der Waals surface area contributed by atoms with Crippen molar-refractivity contribution >= 4 is 22.4 Å². The molecule has 1 aromatic rings. The number of nitrogens with one attached hydrogen (secondary N) is 1. The molecular weight excluding hydrogens is 310 g/mol. The number of benzene rings is 1. The van der Waals surface area contributed by atoms with Gasteiger partial charge < -0.3 is 5.32 Å². The van der Waals surface area contributed by atoms with Crippen LogP contribution in [-0.2, 0) is 10.0 Å². The molecule has 0 aliphatic carbocycles. The Kier molecular flexibility index (Phi) is 4.34. The largest absolute Gasteiger partial charge is 0.314 e. The van der Waals surface area contributed by atoms with E-state index in [0.717, 1.165) is 25.0 Å². The average Bonchev–Trinajstić information content (AvgIpc) is 2.60. The maximum atomic E-state index is 13.2. The van der Waals surface area contributed by atoms with E-state index < -0.39 is 21.7 Å². The SMILES string of the molecule is Cl.O=S(=O)(c1cc(F)cc(F)c1)N1C2CCC1CNC2. The van der Waals surface area contributed by atoms with Gasteiger partial charge in [-0.15, -0.1) is 12.4 Å². The van der Waals surface area contributed by atoms with Crippen LogP contribution >= 0.6 is 12.4 Å². The minimum absolute atomic E-state index is 0. The normalized spacial score (nSPS) is 26.3. The molecule has 2 heterocycles. The summed E-state index contributed by atoms with van der Waals surface area (Å²) in [6.45, 7) is 1.18. The fourth-order valence-corrected chi connectivity index (χ4v) is 4.84. The summed E-state index contributed by atoms with van der Waals surface area (Å²) < 4.78 is 52.8. The maximum Gasteiger partial charge on any atom is 0.243 e. The van der Waals surface area contributed by atoms with Gasteiger partial charge in [0.25, 0.3) is 0 Å². The lowest BCUT2D eigenvalue weighted by atomic mass is 10.2. The van der Waals surface area contributed by atoms with Crippen molar-refractivity contribution in [2.45, 2.75) is 29.8 Å².